The molecule has 10 nitrogen and oxygen atoms in total. The molecule has 19 heteroatoms. The van der Waals surface area contributed by atoms with Crippen molar-refractivity contribution in [3.8, 4) is 0 Å². The quantitative estimate of drug-likeness (QED) is 0.329. The molecular weight excluding hydrogens is 817 g/mol. The zero-order valence-electron chi connectivity index (χ0n) is 22.1. The summed E-state index contributed by atoms with van der Waals surface area (Å²) in [5, 5.41) is 9.74. The second-order valence-corrected chi connectivity index (χ2v) is 13.7. The number of carbonyl (C=O) groups excluding carboxylic acids is 1. The number of rotatable bonds is 3. The van der Waals surface area contributed by atoms with Crippen LogP contribution in [0.15, 0.2) is 29.3 Å². The number of Topliss-reactive ketones (excluding diaryl/α,β-unsaturated/α-hetero) is 1. The van der Waals surface area contributed by atoms with Crippen molar-refractivity contribution >= 4 is 97.8 Å². The van der Waals surface area contributed by atoms with E-state index in [1.165, 1.54) is 0 Å². The highest BCUT2D eigenvalue weighted by Gasteiger charge is 2.41. The minimum Gasteiger partial charge on any atom is -0.379 e. The summed E-state index contributed by atoms with van der Waals surface area (Å²) in [4.78, 5) is 27.0. The number of nitrogens with zero attached hydrogens (tertiary/aromatic N) is 5. The number of ether oxygens (including phenoxy) is 3. The Bertz CT molecular complexity index is 1180. The fourth-order valence-corrected chi connectivity index (χ4v) is 7.15. The van der Waals surface area contributed by atoms with Gasteiger partial charge in [0.05, 0.1) is 39.6 Å². The lowest BCUT2D eigenvalue weighted by Crippen LogP contribution is -2.36. The molecule has 0 aliphatic carbocycles. The molecule has 6 rings (SSSR count). The molecule has 0 radical (unpaired) electrons. The Kier molecular flexibility index (Phi) is 16.1. The van der Waals surface area contributed by atoms with Gasteiger partial charge in [0.15, 0.2) is 14.2 Å². The number of ketones is 1. The smallest absolute Gasteiger partial charge is 0.379 e. The molecule has 0 unspecified atom stereocenters. The van der Waals surface area contributed by atoms with Gasteiger partial charge in [-0.15, -0.1) is 34.0 Å². The van der Waals surface area contributed by atoms with Crippen molar-refractivity contribution in [3.05, 3.63) is 35.0 Å². The van der Waals surface area contributed by atoms with E-state index in [0.29, 0.717) is 31.4 Å². The summed E-state index contributed by atoms with van der Waals surface area (Å²) in [6, 6.07) is 0. The molecular formula is C23H28Br3F3N6O4S3. The van der Waals surface area contributed by atoms with Crippen molar-refractivity contribution < 1.29 is 32.2 Å². The molecule has 0 atom stereocenters. The molecule has 3 aromatic heterocycles. The molecule has 1 N–H and O–H groups in total. The van der Waals surface area contributed by atoms with E-state index < -0.39 is 17.7 Å². The van der Waals surface area contributed by atoms with Crippen molar-refractivity contribution in [2.75, 3.05) is 88.7 Å². The summed E-state index contributed by atoms with van der Waals surface area (Å²) < 4.78 is 54.6. The summed E-state index contributed by atoms with van der Waals surface area (Å²) in [5.41, 5.74) is -0.538. The van der Waals surface area contributed by atoms with E-state index in [1.807, 2.05) is 10.8 Å². The maximum absolute atomic E-state index is 12.2. The van der Waals surface area contributed by atoms with Crippen LogP contribution in [0.2, 0.25) is 0 Å². The Morgan fingerprint density at radius 2 is 1.21 bits per heavy atom. The minimum absolute atomic E-state index is 0.431. The van der Waals surface area contributed by atoms with Crippen molar-refractivity contribution in [3.63, 3.8) is 0 Å². The number of hydrogen-bond donors (Lipinski definition) is 1. The fraction of sp³-hybridized carbons (Fsp3) is 0.565. The van der Waals surface area contributed by atoms with Gasteiger partial charge in [0.1, 0.15) is 14.9 Å². The number of anilines is 2. The number of carbonyl (C=O) groups is 1. The molecule has 6 heterocycles. The maximum atomic E-state index is 12.2. The first-order chi connectivity index (χ1) is 20.1. The number of aromatic nitrogens is 3. The number of nitrogens with one attached hydrogen (secondary N) is 1. The molecule has 0 bridgehead atoms. The zero-order chi connectivity index (χ0) is 30.4. The highest BCUT2D eigenvalue weighted by atomic mass is 79.9. The molecule has 42 heavy (non-hydrogen) atoms. The average Bonchev–Trinajstić information content (AvgIpc) is 3.76. The molecule has 0 amide bonds. The molecule has 0 aromatic carbocycles. The third kappa shape index (κ3) is 13.1. The predicted molar refractivity (Wildman–Crippen MR) is 170 cm³/mol. The Morgan fingerprint density at radius 3 is 1.57 bits per heavy atom. The highest BCUT2D eigenvalue weighted by molar-refractivity contribution is 9.11. The van der Waals surface area contributed by atoms with Gasteiger partial charge in [0.2, 0.25) is 0 Å². The number of thiazole rings is 3. The number of alkyl halides is 3. The van der Waals surface area contributed by atoms with Gasteiger partial charge < -0.3 is 29.3 Å². The summed E-state index contributed by atoms with van der Waals surface area (Å²) in [7, 11) is 0. The summed E-state index contributed by atoms with van der Waals surface area (Å²) >= 11 is 14.0. The van der Waals surface area contributed by atoms with Gasteiger partial charge in [-0.05, 0) is 47.8 Å². The molecule has 0 saturated carbocycles. The minimum atomic E-state index is -4.86. The molecule has 3 aliphatic heterocycles. The van der Waals surface area contributed by atoms with Crippen LogP contribution in [-0.4, -0.2) is 106 Å². The van der Waals surface area contributed by atoms with Crippen LogP contribution in [0.1, 0.15) is 10.5 Å². The lowest BCUT2D eigenvalue weighted by atomic mass is 10.3. The van der Waals surface area contributed by atoms with Gasteiger partial charge in [-0.25, -0.2) is 15.0 Å². The van der Waals surface area contributed by atoms with E-state index in [9.17, 15) is 18.0 Å². The normalized spacial score (nSPS) is 17.2. The highest BCUT2D eigenvalue weighted by Crippen LogP contribution is 2.27. The van der Waals surface area contributed by atoms with Crippen molar-refractivity contribution in [1.82, 2.24) is 20.3 Å². The SMILES string of the molecule is Brc1csc(Br)n1.Brc1csc(N2CCOCC2)n1.C1COCCN1.O=C(c1csc(N2CCOCC2)n1)C(F)(F)F. The second kappa shape index (κ2) is 18.9. The van der Waals surface area contributed by atoms with Crippen LogP contribution < -0.4 is 15.1 Å². The third-order valence-electron chi connectivity index (χ3n) is 5.30. The van der Waals surface area contributed by atoms with Gasteiger partial charge in [0.25, 0.3) is 5.78 Å². The van der Waals surface area contributed by atoms with E-state index in [1.54, 1.807) is 27.6 Å². The molecule has 0 spiro atoms. The van der Waals surface area contributed by atoms with Gasteiger partial charge in [-0.3, -0.25) is 4.79 Å². The Hall–Kier alpha value is -0.770. The number of halogens is 6. The predicted octanol–water partition coefficient (Wildman–Crippen LogP) is 5.74. The number of hydrogen-bond acceptors (Lipinski definition) is 13. The van der Waals surface area contributed by atoms with Crippen molar-refractivity contribution in [2.45, 2.75) is 6.18 Å². The Balaban J connectivity index is 0.000000167. The topological polar surface area (TPSA) is 102 Å². The van der Waals surface area contributed by atoms with Crippen LogP contribution in [0.25, 0.3) is 0 Å². The molecule has 3 fully saturated rings. The first-order valence-corrected chi connectivity index (χ1v) is 17.5. The van der Waals surface area contributed by atoms with E-state index >= 15 is 0 Å². The van der Waals surface area contributed by atoms with Gasteiger partial charge in [-0.1, -0.05) is 0 Å². The van der Waals surface area contributed by atoms with Crippen LogP contribution >= 0.6 is 81.8 Å². The van der Waals surface area contributed by atoms with Crippen molar-refractivity contribution in [2.24, 2.45) is 0 Å². The third-order valence-corrected chi connectivity index (χ3v) is 9.89. The van der Waals surface area contributed by atoms with Gasteiger partial charge in [-0.2, -0.15) is 13.2 Å². The first kappa shape index (κ1) is 35.7. The van der Waals surface area contributed by atoms with Crippen LogP contribution in [0.3, 0.4) is 0 Å². The zero-order valence-corrected chi connectivity index (χ0v) is 29.3. The molecule has 234 valence electrons. The largest absolute Gasteiger partial charge is 0.456 e. The van der Waals surface area contributed by atoms with Crippen LogP contribution in [0.5, 0.6) is 0 Å². The second-order valence-electron chi connectivity index (χ2n) is 8.28. The number of morpholine rings is 3. The van der Waals surface area contributed by atoms with Gasteiger partial charge in [0, 0.05) is 55.4 Å². The van der Waals surface area contributed by atoms with Crippen LogP contribution in [-0.2, 0) is 14.2 Å². The Morgan fingerprint density at radius 1 is 0.738 bits per heavy atom. The molecule has 3 aromatic rings. The van der Waals surface area contributed by atoms with Crippen LogP contribution in [0, 0.1) is 0 Å². The summed E-state index contributed by atoms with van der Waals surface area (Å²) in [6.45, 7) is 9.57. The first-order valence-electron chi connectivity index (χ1n) is 12.5. The van der Waals surface area contributed by atoms with E-state index in [0.717, 1.165) is 87.6 Å². The van der Waals surface area contributed by atoms with E-state index in [-0.39, 0.29) is 0 Å². The lowest BCUT2D eigenvalue weighted by molar-refractivity contribution is -0.0887. The average molecular weight is 845 g/mol. The van der Waals surface area contributed by atoms with E-state index in [2.05, 4.69) is 73.0 Å². The van der Waals surface area contributed by atoms with Crippen molar-refractivity contribution in [1.29, 1.82) is 0 Å². The Labute approximate surface area is 278 Å². The van der Waals surface area contributed by atoms with E-state index in [4.69, 9.17) is 14.2 Å². The van der Waals surface area contributed by atoms with Gasteiger partial charge >= 0.3 is 6.18 Å². The molecule has 3 saturated heterocycles. The van der Waals surface area contributed by atoms with Crippen LogP contribution in [0.4, 0.5) is 23.4 Å². The molecule has 3 aliphatic rings. The maximum Gasteiger partial charge on any atom is 0.456 e. The lowest BCUT2D eigenvalue weighted by Gasteiger charge is -2.25. The summed E-state index contributed by atoms with van der Waals surface area (Å²) in [5.74, 6) is -1.90. The standard InChI is InChI=1S/C9H9F3N2O2S.C7H9BrN2OS.C4H9NO.C3HBr2NS/c10-9(11,12)7(15)6-5-17-8(13-6)14-1-3-16-4-2-14;8-6-5-12-7(9-6)10-1-3-11-4-2-10;1-3-6-4-2-5-1;4-2-1-7-3(5)6-2/h5H,1-4H2;5H,1-4H2;5H,1-4H2;1H. The monoisotopic (exact) mass is 842 g/mol. The fourth-order valence-electron chi connectivity index (χ4n) is 3.31. The summed E-state index contributed by atoms with van der Waals surface area (Å²) in [6.07, 6.45) is -4.86.